The summed E-state index contributed by atoms with van der Waals surface area (Å²) in [4.78, 5) is 11.3. The van der Waals surface area contributed by atoms with Crippen LogP contribution in [0.2, 0.25) is 0 Å². The fraction of sp³-hybridized carbons (Fsp3) is 0.0909. The van der Waals surface area contributed by atoms with Crippen molar-refractivity contribution in [3.05, 3.63) is 73.4 Å². The molecule has 138 valence electrons. The van der Waals surface area contributed by atoms with E-state index in [9.17, 15) is 0 Å². The zero-order valence-electron chi connectivity index (χ0n) is 16.1. The summed E-state index contributed by atoms with van der Waals surface area (Å²) in [7, 11) is 4.11. The monoisotopic (exact) mass is 379 g/mol. The smallest absolute Gasteiger partial charge is 0.389 e. The maximum absolute atomic E-state index is 6.26. The van der Waals surface area contributed by atoms with Gasteiger partial charge in [-0.05, 0) is 24.3 Å². The molecule has 7 heteroatoms. The molecule has 6 nitrogen and oxygen atoms in total. The fourth-order valence-electron chi connectivity index (χ4n) is 4.55. The highest BCUT2D eigenvalue weighted by molar-refractivity contribution is 6.97. The molecule has 3 aromatic heterocycles. The van der Waals surface area contributed by atoms with Crippen LogP contribution >= 0.6 is 0 Å². The summed E-state index contributed by atoms with van der Waals surface area (Å²) in [6.45, 7) is 0.00612. The average molecular weight is 379 g/mol. The van der Waals surface area contributed by atoms with Gasteiger partial charge in [-0.25, -0.2) is 14.1 Å². The molecule has 0 fully saturated rings. The minimum Gasteiger partial charge on any atom is -0.434 e. The maximum Gasteiger partial charge on any atom is 0.389 e. The van der Waals surface area contributed by atoms with Crippen LogP contribution in [0.4, 0.5) is 17.1 Å². The maximum atomic E-state index is 6.26. The van der Waals surface area contributed by atoms with Crippen molar-refractivity contribution < 1.29 is 13.9 Å². The SMILES string of the molecule is C[n+]1cccc2c1B1c3c(ccnc3O2)N(c2ccccc2)c2cnc[n+](C)c21. The van der Waals surface area contributed by atoms with Crippen LogP contribution in [0.5, 0.6) is 11.6 Å². The van der Waals surface area contributed by atoms with E-state index in [0.29, 0.717) is 5.88 Å². The van der Waals surface area contributed by atoms with E-state index in [4.69, 9.17) is 4.74 Å². The molecule has 1 aromatic carbocycles. The zero-order chi connectivity index (χ0) is 19.5. The van der Waals surface area contributed by atoms with Crippen LogP contribution < -0.4 is 35.4 Å². The van der Waals surface area contributed by atoms with Crippen LogP contribution in [0.1, 0.15) is 0 Å². The second-order valence-electron chi connectivity index (χ2n) is 7.40. The number of aromatic nitrogens is 4. The molecule has 0 atom stereocenters. The van der Waals surface area contributed by atoms with Gasteiger partial charge in [-0.15, -0.1) is 0 Å². The molecule has 29 heavy (non-hydrogen) atoms. The van der Waals surface area contributed by atoms with Crippen molar-refractivity contribution in [3.63, 3.8) is 0 Å². The number of rotatable bonds is 1. The molecule has 6 rings (SSSR count). The molecule has 0 N–H and O–H groups in total. The minimum atomic E-state index is 0.00612. The van der Waals surface area contributed by atoms with E-state index in [1.807, 2.05) is 44.0 Å². The first-order chi connectivity index (χ1) is 14.2. The van der Waals surface area contributed by atoms with E-state index in [2.05, 4.69) is 67.6 Å². The van der Waals surface area contributed by atoms with E-state index >= 15 is 0 Å². The predicted octanol–water partition coefficient (Wildman–Crippen LogP) is 0.531. The third-order valence-corrected chi connectivity index (χ3v) is 5.74. The molecule has 0 amide bonds. The first-order valence-electron chi connectivity index (χ1n) is 9.58. The normalized spacial score (nSPS) is 13.3. The van der Waals surface area contributed by atoms with Gasteiger partial charge in [0.05, 0.1) is 7.05 Å². The number of nitrogens with zero attached hydrogens (tertiary/aromatic N) is 5. The molecule has 5 heterocycles. The average Bonchev–Trinajstić information content (AvgIpc) is 2.74. The molecule has 0 spiro atoms. The molecule has 2 aliphatic heterocycles. The number of hydrogen-bond acceptors (Lipinski definition) is 4. The van der Waals surface area contributed by atoms with Crippen LogP contribution in [-0.4, -0.2) is 16.7 Å². The Morgan fingerprint density at radius 1 is 0.931 bits per heavy atom. The predicted molar refractivity (Wildman–Crippen MR) is 110 cm³/mol. The van der Waals surface area contributed by atoms with Gasteiger partial charge in [0.15, 0.2) is 23.7 Å². The molecule has 0 radical (unpaired) electrons. The van der Waals surface area contributed by atoms with E-state index in [0.717, 1.165) is 39.5 Å². The van der Waals surface area contributed by atoms with Crippen molar-refractivity contribution in [1.82, 2.24) is 9.97 Å². The molecule has 0 unspecified atom stereocenters. The van der Waals surface area contributed by atoms with Crippen molar-refractivity contribution in [3.8, 4) is 11.6 Å². The summed E-state index contributed by atoms with van der Waals surface area (Å²) in [5, 5.41) is 0. The van der Waals surface area contributed by atoms with Gasteiger partial charge >= 0.3 is 6.71 Å². The lowest BCUT2D eigenvalue weighted by molar-refractivity contribution is -0.660. The quantitative estimate of drug-likeness (QED) is 0.309. The van der Waals surface area contributed by atoms with E-state index < -0.39 is 0 Å². The molecular formula is C22H18BN5O+2. The van der Waals surface area contributed by atoms with Crippen LogP contribution in [0.15, 0.2) is 73.4 Å². The highest BCUT2D eigenvalue weighted by Crippen LogP contribution is 2.37. The van der Waals surface area contributed by atoms with E-state index in [-0.39, 0.29) is 6.71 Å². The molecule has 0 saturated carbocycles. The van der Waals surface area contributed by atoms with Gasteiger partial charge in [0.1, 0.15) is 18.3 Å². The number of ether oxygens (including phenoxy) is 1. The van der Waals surface area contributed by atoms with E-state index in [1.165, 1.54) is 0 Å². The van der Waals surface area contributed by atoms with Crippen LogP contribution in [0, 0.1) is 0 Å². The number of anilines is 3. The Labute approximate surface area is 168 Å². The zero-order valence-corrected chi connectivity index (χ0v) is 16.1. The van der Waals surface area contributed by atoms with Crippen LogP contribution in [0.25, 0.3) is 0 Å². The number of fused-ring (bicyclic) bond motifs is 4. The number of pyridine rings is 2. The molecule has 4 aromatic rings. The van der Waals surface area contributed by atoms with Crippen molar-refractivity contribution in [2.75, 3.05) is 4.90 Å². The molecule has 0 saturated heterocycles. The summed E-state index contributed by atoms with van der Waals surface area (Å²) < 4.78 is 10.5. The Balaban J connectivity index is 1.74. The first kappa shape index (κ1) is 16.2. The molecule has 2 aliphatic rings. The first-order valence-corrected chi connectivity index (χ1v) is 9.58. The highest BCUT2D eigenvalue weighted by Gasteiger charge is 2.51. The lowest BCUT2D eigenvalue weighted by Gasteiger charge is -2.35. The number of para-hydroxylation sites is 1. The Kier molecular flexibility index (Phi) is 3.29. The minimum absolute atomic E-state index is 0.00612. The van der Waals surface area contributed by atoms with Crippen molar-refractivity contribution in [1.29, 1.82) is 0 Å². The van der Waals surface area contributed by atoms with Gasteiger partial charge in [-0.3, -0.25) is 0 Å². The molecule has 0 aliphatic carbocycles. The van der Waals surface area contributed by atoms with Gasteiger partial charge in [0.2, 0.25) is 5.88 Å². The Bertz CT molecular complexity index is 1260. The highest BCUT2D eigenvalue weighted by atomic mass is 16.5. The second-order valence-corrected chi connectivity index (χ2v) is 7.40. The van der Waals surface area contributed by atoms with Gasteiger partial charge in [-0.2, -0.15) is 0 Å². The third-order valence-electron chi connectivity index (χ3n) is 5.74. The standard InChI is InChI=1S/C22H18BN5O/c1-26-12-6-9-18-21(26)23-19-16(10-11-25-22(19)29-18)28(15-7-4-3-5-8-15)17-13-24-14-27(2)20(17)23/h3-14H,1-2H3/q+2. The number of benzene rings is 1. The molecule has 0 bridgehead atoms. The van der Waals surface area contributed by atoms with Crippen molar-refractivity contribution in [2.45, 2.75) is 0 Å². The largest absolute Gasteiger partial charge is 0.434 e. The molecular weight excluding hydrogens is 361 g/mol. The Morgan fingerprint density at radius 2 is 1.79 bits per heavy atom. The topological polar surface area (TPSA) is 46.0 Å². The summed E-state index contributed by atoms with van der Waals surface area (Å²) in [6, 6.07) is 16.4. The summed E-state index contributed by atoms with van der Waals surface area (Å²) in [6.07, 6.45) is 7.69. The fourth-order valence-corrected chi connectivity index (χ4v) is 4.55. The van der Waals surface area contributed by atoms with Gasteiger partial charge in [-0.1, -0.05) is 23.2 Å². The summed E-state index contributed by atoms with van der Waals surface area (Å²) in [5.74, 6) is 1.50. The summed E-state index contributed by atoms with van der Waals surface area (Å²) >= 11 is 0. The third kappa shape index (κ3) is 2.18. The van der Waals surface area contributed by atoms with Gasteiger partial charge in [0.25, 0.3) is 6.33 Å². The van der Waals surface area contributed by atoms with Gasteiger partial charge < -0.3 is 9.64 Å². The van der Waals surface area contributed by atoms with Gasteiger partial charge in [0, 0.05) is 29.1 Å². The van der Waals surface area contributed by atoms with E-state index in [1.54, 1.807) is 0 Å². The lowest BCUT2D eigenvalue weighted by Crippen LogP contribution is -2.74. The van der Waals surface area contributed by atoms with Crippen LogP contribution in [-0.2, 0) is 14.1 Å². The van der Waals surface area contributed by atoms with Crippen LogP contribution in [0.3, 0.4) is 0 Å². The Hall–Kier alpha value is -3.74. The van der Waals surface area contributed by atoms with Crippen molar-refractivity contribution >= 4 is 40.4 Å². The second kappa shape index (κ2) is 5.88. The Morgan fingerprint density at radius 3 is 2.66 bits per heavy atom. The number of hydrogen-bond donors (Lipinski definition) is 0. The lowest BCUT2D eigenvalue weighted by atomic mass is 9.37. The summed E-state index contributed by atoms with van der Waals surface area (Å²) in [5.41, 5.74) is 6.58. The van der Waals surface area contributed by atoms with Crippen molar-refractivity contribution in [2.24, 2.45) is 14.1 Å². The number of aryl methyl sites for hydroxylation is 2.